The zero-order valence-corrected chi connectivity index (χ0v) is 9.28. The van der Waals surface area contributed by atoms with Gasteiger partial charge in [0.15, 0.2) is 5.78 Å². The fraction of sp³-hybridized carbons (Fsp3) is 0.455. The molecule has 4 heteroatoms. The van der Waals surface area contributed by atoms with Crippen molar-refractivity contribution in [1.82, 2.24) is 4.98 Å². The number of nitrogens with zero attached hydrogens (tertiary/aromatic N) is 1. The first-order chi connectivity index (χ1) is 7.11. The van der Waals surface area contributed by atoms with Crippen LogP contribution in [-0.2, 0) is 6.42 Å². The highest BCUT2D eigenvalue weighted by Gasteiger charge is 2.20. The molecule has 0 aliphatic heterocycles. The number of carbonyl (C=O) groups excluding carboxylic acids is 1. The van der Waals surface area contributed by atoms with Crippen molar-refractivity contribution >= 4 is 5.78 Å². The summed E-state index contributed by atoms with van der Waals surface area (Å²) in [5, 5.41) is 0. The lowest BCUT2D eigenvalue weighted by Gasteiger charge is -2.12. The number of nitrogens with two attached hydrogens (primary N) is 1. The van der Waals surface area contributed by atoms with Crippen molar-refractivity contribution in [3.8, 4) is 5.75 Å². The second-order valence-corrected chi connectivity index (χ2v) is 3.34. The Morgan fingerprint density at radius 1 is 1.67 bits per heavy atom. The van der Waals surface area contributed by atoms with Crippen LogP contribution in [0.3, 0.4) is 0 Å². The maximum Gasteiger partial charge on any atom is 0.184 e. The summed E-state index contributed by atoms with van der Waals surface area (Å²) < 4.78 is 5.14. The van der Waals surface area contributed by atoms with Gasteiger partial charge in [-0.25, -0.2) is 0 Å². The molecule has 0 bridgehead atoms. The highest BCUT2D eigenvalue weighted by molar-refractivity contribution is 6.02. The van der Waals surface area contributed by atoms with Crippen LogP contribution in [-0.4, -0.2) is 23.9 Å². The summed E-state index contributed by atoms with van der Waals surface area (Å²) in [5.41, 5.74) is 6.83. The molecule has 0 saturated carbocycles. The number of carbonyl (C=O) groups is 1. The quantitative estimate of drug-likeness (QED) is 0.755. The van der Waals surface area contributed by atoms with Crippen molar-refractivity contribution in [2.45, 2.75) is 26.3 Å². The highest BCUT2D eigenvalue weighted by Crippen LogP contribution is 2.22. The summed E-state index contributed by atoms with van der Waals surface area (Å²) in [6.07, 6.45) is 2.32. The lowest BCUT2D eigenvalue weighted by Crippen LogP contribution is -2.28. The third-order valence-corrected chi connectivity index (χ3v) is 2.21. The first-order valence-corrected chi connectivity index (χ1v) is 4.93. The van der Waals surface area contributed by atoms with Crippen LogP contribution in [0.25, 0.3) is 0 Å². The fourth-order valence-electron chi connectivity index (χ4n) is 1.41. The number of rotatable bonds is 4. The molecular formula is C11H16N2O2. The third-order valence-electron chi connectivity index (χ3n) is 2.21. The van der Waals surface area contributed by atoms with E-state index in [0.29, 0.717) is 17.7 Å². The second-order valence-electron chi connectivity index (χ2n) is 3.34. The number of hydrogen-bond acceptors (Lipinski definition) is 4. The van der Waals surface area contributed by atoms with Crippen LogP contribution in [0.1, 0.15) is 29.9 Å². The van der Waals surface area contributed by atoms with Gasteiger partial charge in [0.05, 0.1) is 24.4 Å². The standard InChI is InChI=1S/C11H16N2O2/c1-4-8-10(11(14)7(2)12)9(15-3)5-6-13-8/h5-7H,4,12H2,1-3H3. The van der Waals surface area contributed by atoms with Crippen LogP contribution < -0.4 is 10.5 Å². The number of aryl methyl sites for hydroxylation is 1. The maximum atomic E-state index is 11.9. The van der Waals surface area contributed by atoms with Gasteiger partial charge in [-0.05, 0) is 19.4 Å². The van der Waals surface area contributed by atoms with Gasteiger partial charge in [-0.15, -0.1) is 0 Å². The van der Waals surface area contributed by atoms with E-state index in [-0.39, 0.29) is 5.78 Å². The molecule has 0 aliphatic rings. The van der Waals surface area contributed by atoms with Gasteiger partial charge >= 0.3 is 0 Å². The van der Waals surface area contributed by atoms with Crippen molar-refractivity contribution in [1.29, 1.82) is 0 Å². The number of ketones is 1. The van der Waals surface area contributed by atoms with Gasteiger partial charge < -0.3 is 10.5 Å². The van der Waals surface area contributed by atoms with E-state index in [1.807, 2.05) is 6.92 Å². The van der Waals surface area contributed by atoms with Gasteiger partial charge in [-0.3, -0.25) is 9.78 Å². The van der Waals surface area contributed by atoms with Crippen molar-refractivity contribution in [2.75, 3.05) is 7.11 Å². The minimum Gasteiger partial charge on any atom is -0.496 e. The molecule has 1 aromatic rings. The molecule has 4 nitrogen and oxygen atoms in total. The van der Waals surface area contributed by atoms with Crippen molar-refractivity contribution < 1.29 is 9.53 Å². The predicted molar refractivity (Wildman–Crippen MR) is 58.1 cm³/mol. The Morgan fingerprint density at radius 2 is 2.33 bits per heavy atom. The molecule has 0 radical (unpaired) electrons. The van der Waals surface area contributed by atoms with E-state index in [9.17, 15) is 4.79 Å². The molecular weight excluding hydrogens is 192 g/mol. The minimum atomic E-state index is -0.534. The molecule has 0 saturated heterocycles. The molecule has 1 unspecified atom stereocenters. The number of aromatic nitrogens is 1. The number of methoxy groups -OCH3 is 1. The Balaban J connectivity index is 3.28. The Morgan fingerprint density at radius 3 is 2.80 bits per heavy atom. The number of Topliss-reactive ketones (excluding diaryl/α,β-unsaturated/α-hetero) is 1. The summed E-state index contributed by atoms with van der Waals surface area (Å²) in [5.74, 6) is 0.418. The van der Waals surface area contributed by atoms with E-state index in [1.54, 1.807) is 19.2 Å². The smallest absolute Gasteiger partial charge is 0.184 e. The maximum absolute atomic E-state index is 11.9. The van der Waals surface area contributed by atoms with Gasteiger partial charge in [0.1, 0.15) is 5.75 Å². The first kappa shape index (κ1) is 11.7. The van der Waals surface area contributed by atoms with Crippen molar-refractivity contribution in [3.63, 3.8) is 0 Å². The minimum absolute atomic E-state index is 0.128. The zero-order chi connectivity index (χ0) is 11.4. The number of pyridine rings is 1. The lowest BCUT2D eigenvalue weighted by molar-refractivity contribution is 0.0963. The van der Waals surface area contributed by atoms with E-state index < -0.39 is 6.04 Å². The molecule has 0 fully saturated rings. The highest BCUT2D eigenvalue weighted by atomic mass is 16.5. The third kappa shape index (κ3) is 2.33. The Hall–Kier alpha value is -1.42. The van der Waals surface area contributed by atoms with E-state index in [0.717, 1.165) is 5.69 Å². The van der Waals surface area contributed by atoms with Gasteiger partial charge in [-0.1, -0.05) is 6.92 Å². The zero-order valence-electron chi connectivity index (χ0n) is 9.28. The summed E-state index contributed by atoms with van der Waals surface area (Å²) in [4.78, 5) is 16.0. The number of hydrogen-bond donors (Lipinski definition) is 1. The summed E-state index contributed by atoms with van der Waals surface area (Å²) >= 11 is 0. The normalized spacial score (nSPS) is 12.3. The van der Waals surface area contributed by atoms with Crippen LogP contribution >= 0.6 is 0 Å². The molecule has 1 rings (SSSR count). The predicted octanol–water partition coefficient (Wildman–Crippen LogP) is 1.18. The Bertz CT molecular complexity index is 339. The average Bonchev–Trinajstić information content (AvgIpc) is 2.26. The topological polar surface area (TPSA) is 65.2 Å². The molecule has 15 heavy (non-hydrogen) atoms. The second kappa shape index (κ2) is 4.89. The molecule has 1 atom stereocenters. The van der Waals surface area contributed by atoms with E-state index in [4.69, 9.17) is 10.5 Å². The van der Waals surface area contributed by atoms with Crippen LogP contribution in [0.4, 0.5) is 0 Å². The molecule has 0 aromatic carbocycles. The van der Waals surface area contributed by atoms with Crippen molar-refractivity contribution in [3.05, 3.63) is 23.5 Å². The van der Waals surface area contributed by atoms with E-state index >= 15 is 0 Å². The molecule has 1 aromatic heterocycles. The van der Waals surface area contributed by atoms with Crippen LogP contribution in [0.2, 0.25) is 0 Å². The molecule has 0 amide bonds. The molecule has 0 spiro atoms. The monoisotopic (exact) mass is 208 g/mol. The molecule has 82 valence electrons. The average molecular weight is 208 g/mol. The molecule has 2 N–H and O–H groups in total. The van der Waals surface area contributed by atoms with E-state index in [2.05, 4.69) is 4.98 Å². The van der Waals surface area contributed by atoms with Gasteiger partial charge in [0.25, 0.3) is 0 Å². The van der Waals surface area contributed by atoms with Crippen LogP contribution in [0.5, 0.6) is 5.75 Å². The van der Waals surface area contributed by atoms with Crippen molar-refractivity contribution in [2.24, 2.45) is 5.73 Å². The van der Waals surface area contributed by atoms with Gasteiger partial charge in [0.2, 0.25) is 0 Å². The summed E-state index contributed by atoms with van der Waals surface area (Å²) in [6.45, 7) is 3.61. The largest absolute Gasteiger partial charge is 0.496 e. The van der Waals surface area contributed by atoms with E-state index in [1.165, 1.54) is 7.11 Å². The van der Waals surface area contributed by atoms with Crippen LogP contribution in [0.15, 0.2) is 12.3 Å². The summed E-state index contributed by atoms with van der Waals surface area (Å²) in [7, 11) is 1.53. The van der Waals surface area contributed by atoms with Gasteiger partial charge in [-0.2, -0.15) is 0 Å². The Kier molecular flexibility index (Phi) is 3.80. The van der Waals surface area contributed by atoms with Gasteiger partial charge in [0, 0.05) is 6.20 Å². The molecule has 0 aliphatic carbocycles. The summed E-state index contributed by atoms with van der Waals surface area (Å²) in [6, 6.07) is 1.14. The SMILES string of the molecule is CCc1nccc(OC)c1C(=O)C(C)N. The fourth-order valence-corrected chi connectivity index (χ4v) is 1.41. The Labute approximate surface area is 89.5 Å². The van der Waals surface area contributed by atoms with Crippen LogP contribution in [0, 0.1) is 0 Å². The lowest BCUT2D eigenvalue weighted by atomic mass is 10.0. The number of ether oxygens (including phenoxy) is 1. The molecule has 1 heterocycles. The first-order valence-electron chi connectivity index (χ1n) is 4.93.